The maximum Gasteiger partial charge on any atom is 0.364 e. The summed E-state index contributed by atoms with van der Waals surface area (Å²) in [5.74, 6) is -0.0545. The smallest absolute Gasteiger partial charge is 0.361 e. The average Bonchev–Trinajstić information content (AvgIpc) is 3.39. The van der Waals surface area contributed by atoms with E-state index in [-0.39, 0.29) is 0 Å². The molecule has 1 aromatic carbocycles. The molecule has 2 heterocycles. The van der Waals surface area contributed by atoms with Crippen LogP contribution in [0.1, 0.15) is 52.3 Å². The molecule has 39 heavy (non-hydrogen) atoms. The van der Waals surface area contributed by atoms with Crippen molar-refractivity contribution in [1.82, 2.24) is 9.97 Å². The van der Waals surface area contributed by atoms with Gasteiger partial charge in [-0.3, -0.25) is 4.94 Å². The lowest BCUT2D eigenvalue weighted by atomic mass is 10.2. The predicted octanol–water partition coefficient (Wildman–Crippen LogP) is 8.05. The van der Waals surface area contributed by atoms with E-state index in [0.717, 1.165) is 29.2 Å². The molecule has 6 nitrogen and oxygen atoms in total. The molecule has 1 N–H and O–H groups in total. The lowest BCUT2D eigenvalue weighted by Gasteiger charge is -2.24. The van der Waals surface area contributed by atoms with Gasteiger partial charge in [0.05, 0.1) is 5.69 Å². The lowest BCUT2D eigenvalue weighted by molar-refractivity contribution is -0.185. The van der Waals surface area contributed by atoms with E-state index in [1.807, 2.05) is 60.3 Å². The Morgan fingerprint density at radius 1 is 1.21 bits per heavy atom. The number of halogens is 1. The molecule has 210 valence electrons. The standard InChI is InChI=1S/C27H31FN4O2S2.C3H8/c1-5-20-12-13-24(30-16-20)32(18-21(6-2)17-29-22-10-8-7-9-11-22)15-14-23-19-35-26(31-23)36-27(3,4)25(33)34-28;1-3-2/h6-13,16-17,19,29H,2,5,14-15,18H2,1,3-4H3;3H2,1-2H3/b21-17+;. The number of rotatable bonds is 13. The second-order valence-corrected chi connectivity index (χ2v) is 12.0. The van der Waals surface area contributed by atoms with E-state index in [0.29, 0.717) is 23.8 Å². The van der Waals surface area contributed by atoms with Crippen molar-refractivity contribution in [2.24, 2.45) is 0 Å². The fourth-order valence-corrected chi connectivity index (χ4v) is 5.49. The third kappa shape index (κ3) is 10.8. The Morgan fingerprint density at radius 2 is 1.92 bits per heavy atom. The Bertz CT molecular complexity index is 1180. The van der Waals surface area contributed by atoms with Crippen molar-refractivity contribution in [1.29, 1.82) is 0 Å². The molecule has 2 aromatic heterocycles. The summed E-state index contributed by atoms with van der Waals surface area (Å²) in [4.78, 5) is 26.6. The molecule has 0 saturated heterocycles. The van der Waals surface area contributed by atoms with Gasteiger partial charge in [0.25, 0.3) is 0 Å². The molecule has 3 aromatic rings. The number of aromatic nitrogens is 2. The van der Waals surface area contributed by atoms with Crippen LogP contribution in [0.15, 0.2) is 82.8 Å². The molecule has 0 spiro atoms. The number of anilines is 2. The highest BCUT2D eigenvalue weighted by Gasteiger charge is 2.33. The minimum atomic E-state index is -1.06. The van der Waals surface area contributed by atoms with Gasteiger partial charge >= 0.3 is 5.97 Å². The third-order valence-electron chi connectivity index (χ3n) is 5.45. The van der Waals surface area contributed by atoms with E-state index in [1.165, 1.54) is 35.1 Å². The topological polar surface area (TPSA) is 67.4 Å². The summed E-state index contributed by atoms with van der Waals surface area (Å²) in [6, 6.07) is 14.1. The van der Waals surface area contributed by atoms with Crippen LogP contribution < -0.4 is 10.2 Å². The van der Waals surface area contributed by atoms with Gasteiger partial charge < -0.3 is 10.2 Å². The summed E-state index contributed by atoms with van der Waals surface area (Å²) in [7, 11) is 0. The zero-order chi connectivity index (χ0) is 28.7. The Balaban J connectivity index is 0.00000170. The van der Waals surface area contributed by atoms with Crippen LogP contribution in [0.3, 0.4) is 0 Å². The van der Waals surface area contributed by atoms with Crippen molar-refractivity contribution < 1.29 is 14.3 Å². The monoisotopic (exact) mass is 570 g/mol. The van der Waals surface area contributed by atoms with Crippen molar-refractivity contribution in [3.8, 4) is 0 Å². The Kier molecular flexibility index (Phi) is 13.7. The molecule has 0 amide bonds. The number of hydrogen-bond acceptors (Lipinski definition) is 8. The number of para-hydroxylation sites is 1. The van der Waals surface area contributed by atoms with E-state index in [2.05, 4.69) is 58.5 Å². The van der Waals surface area contributed by atoms with Crippen molar-refractivity contribution in [2.75, 3.05) is 23.3 Å². The summed E-state index contributed by atoms with van der Waals surface area (Å²) in [6.45, 7) is 14.9. The molecule has 0 bridgehead atoms. The largest absolute Gasteiger partial charge is 0.364 e. The number of thioether (sulfide) groups is 1. The maximum atomic E-state index is 12.4. The molecular formula is C30H39FN4O2S2. The number of carbonyl (C=O) groups is 1. The maximum absolute atomic E-state index is 12.4. The molecule has 0 atom stereocenters. The van der Waals surface area contributed by atoms with Gasteiger partial charge in [0.2, 0.25) is 0 Å². The van der Waals surface area contributed by atoms with Gasteiger partial charge in [-0.25, -0.2) is 14.8 Å². The SMILES string of the molecule is C=C/C(=C\Nc1ccccc1)CN(CCc1csc(SC(C)(C)C(=O)OF)n1)c1ccc(CC)cn1.CCC. The molecule has 0 aliphatic rings. The summed E-state index contributed by atoms with van der Waals surface area (Å²) in [5.41, 5.74) is 4.09. The first kappa shape index (κ1) is 32.0. The molecule has 0 aliphatic carbocycles. The first-order valence-corrected chi connectivity index (χ1v) is 14.7. The second-order valence-electron chi connectivity index (χ2n) is 9.27. The van der Waals surface area contributed by atoms with Crippen LogP contribution in [0, 0.1) is 0 Å². The number of aryl methyl sites for hydroxylation is 1. The van der Waals surface area contributed by atoms with Crippen LogP contribution in [0.4, 0.5) is 16.0 Å². The van der Waals surface area contributed by atoms with Gasteiger partial charge in [-0.1, -0.05) is 75.9 Å². The minimum Gasteiger partial charge on any atom is -0.361 e. The lowest BCUT2D eigenvalue weighted by Crippen LogP contribution is -2.29. The number of benzene rings is 1. The zero-order valence-corrected chi connectivity index (χ0v) is 25.1. The van der Waals surface area contributed by atoms with Crippen LogP contribution in [-0.4, -0.2) is 33.8 Å². The van der Waals surface area contributed by atoms with Gasteiger partial charge in [-0.15, -0.1) is 11.3 Å². The Morgan fingerprint density at radius 3 is 2.51 bits per heavy atom. The molecule has 0 saturated carbocycles. The number of pyridine rings is 1. The molecule has 0 aliphatic heterocycles. The Hall–Kier alpha value is -3.17. The molecular weight excluding hydrogens is 531 g/mol. The highest BCUT2D eigenvalue weighted by Crippen LogP contribution is 2.35. The van der Waals surface area contributed by atoms with Crippen LogP contribution in [0.25, 0.3) is 0 Å². The zero-order valence-electron chi connectivity index (χ0n) is 23.4. The van der Waals surface area contributed by atoms with Crippen molar-refractivity contribution >= 4 is 40.6 Å². The normalized spacial score (nSPS) is 11.3. The molecule has 0 radical (unpaired) electrons. The number of nitrogens with zero attached hydrogens (tertiary/aromatic N) is 3. The molecule has 0 unspecified atom stereocenters. The predicted molar refractivity (Wildman–Crippen MR) is 163 cm³/mol. The number of carbonyl (C=O) groups excluding carboxylic acids is 1. The van der Waals surface area contributed by atoms with Crippen LogP contribution in [0.2, 0.25) is 0 Å². The van der Waals surface area contributed by atoms with Crippen molar-refractivity contribution in [3.63, 3.8) is 0 Å². The van der Waals surface area contributed by atoms with Gasteiger partial charge in [0.1, 0.15) is 10.6 Å². The van der Waals surface area contributed by atoms with E-state index in [1.54, 1.807) is 13.8 Å². The number of hydrogen-bond donors (Lipinski definition) is 1. The Labute approximate surface area is 240 Å². The minimum absolute atomic E-state index is 0.614. The molecule has 9 heteroatoms. The van der Waals surface area contributed by atoms with Gasteiger partial charge in [-0.05, 0) is 49.6 Å². The third-order valence-corrected chi connectivity index (χ3v) is 7.61. The summed E-state index contributed by atoms with van der Waals surface area (Å²) in [5, 5.41) is 5.29. The van der Waals surface area contributed by atoms with Crippen LogP contribution >= 0.6 is 23.1 Å². The first-order chi connectivity index (χ1) is 18.8. The van der Waals surface area contributed by atoms with Crippen LogP contribution in [-0.2, 0) is 22.6 Å². The molecule has 3 rings (SSSR count). The van der Waals surface area contributed by atoms with Gasteiger partial charge in [0, 0.05) is 47.5 Å². The number of nitrogens with one attached hydrogen (secondary N) is 1. The van der Waals surface area contributed by atoms with Crippen molar-refractivity contribution in [3.05, 3.63) is 89.7 Å². The summed E-state index contributed by atoms with van der Waals surface area (Å²) < 4.78 is 12.0. The van der Waals surface area contributed by atoms with E-state index in [9.17, 15) is 9.32 Å². The fraction of sp³-hybridized carbons (Fsp3) is 0.367. The average molecular weight is 571 g/mol. The van der Waals surface area contributed by atoms with Crippen molar-refractivity contribution in [2.45, 2.75) is 63.0 Å². The fourth-order valence-electron chi connectivity index (χ4n) is 3.24. The van der Waals surface area contributed by atoms with Crippen LogP contribution in [0.5, 0.6) is 0 Å². The van der Waals surface area contributed by atoms with E-state index < -0.39 is 10.7 Å². The summed E-state index contributed by atoms with van der Waals surface area (Å²) >= 11 is 2.62. The second kappa shape index (κ2) is 16.7. The first-order valence-electron chi connectivity index (χ1n) is 13.1. The number of thiazole rings is 1. The highest BCUT2D eigenvalue weighted by atomic mass is 32.2. The van der Waals surface area contributed by atoms with Gasteiger partial charge in [0.15, 0.2) is 4.34 Å². The van der Waals surface area contributed by atoms with Gasteiger partial charge in [-0.2, -0.15) is 0 Å². The van der Waals surface area contributed by atoms with E-state index >= 15 is 0 Å². The molecule has 0 fully saturated rings. The quantitative estimate of drug-likeness (QED) is 0.165. The summed E-state index contributed by atoms with van der Waals surface area (Å²) in [6.07, 6.45) is 8.56. The highest BCUT2D eigenvalue weighted by molar-refractivity contribution is 8.03. The van der Waals surface area contributed by atoms with E-state index in [4.69, 9.17) is 0 Å².